The number of hydrogen-bond acceptors (Lipinski definition) is 3. The van der Waals surface area contributed by atoms with Crippen molar-refractivity contribution < 1.29 is 14.3 Å². The molecular weight excluding hydrogens is 366 g/mol. The van der Waals surface area contributed by atoms with E-state index in [4.69, 9.17) is 16.3 Å². The van der Waals surface area contributed by atoms with Crippen molar-refractivity contribution >= 4 is 34.9 Å². The van der Waals surface area contributed by atoms with Crippen molar-refractivity contribution in [3.63, 3.8) is 0 Å². The van der Waals surface area contributed by atoms with E-state index in [0.717, 1.165) is 18.4 Å². The summed E-state index contributed by atoms with van der Waals surface area (Å²) in [7, 11) is 0. The summed E-state index contributed by atoms with van der Waals surface area (Å²) in [5.74, 6) is 0.858. The lowest BCUT2D eigenvalue weighted by atomic mass is 10.1. The molecule has 0 aromatic heterocycles. The third-order valence-electron chi connectivity index (χ3n) is 4.17. The topological polar surface area (TPSA) is 79.5 Å². The minimum absolute atomic E-state index is 0.0357. The number of urea groups is 1. The maximum atomic E-state index is 12.1. The maximum Gasteiger partial charge on any atom is 0.319 e. The molecule has 2 aromatic rings. The van der Waals surface area contributed by atoms with Gasteiger partial charge in [-0.05, 0) is 61.7 Å². The first-order valence-corrected chi connectivity index (χ1v) is 9.24. The first-order chi connectivity index (χ1) is 13.0. The summed E-state index contributed by atoms with van der Waals surface area (Å²) in [6, 6.07) is 12.2. The summed E-state index contributed by atoms with van der Waals surface area (Å²) in [5.41, 5.74) is 2.24. The molecule has 27 heavy (non-hydrogen) atoms. The Morgan fingerprint density at radius 3 is 2.56 bits per heavy atom. The summed E-state index contributed by atoms with van der Waals surface area (Å²) in [4.78, 5) is 24.0. The summed E-state index contributed by atoms with van der Waals surface area (Å²) in [6.45, 7) is 2.59. The number of halogens is 1. The average molecular weight is 388 g/mol. The Labute approximate surface area is 163 Å². The van der Waals surface area contributed by atoms with Crippen LogP contribution in [0.4, 0.5) is 16.2 Å². The van der Waals surface area contributed by atoms with Gasteiger partial charge in [0.25, 0.3) is 0 Å². The van der Waals surface area contributed by atoms with Crippen LogP contribution in [0.15, 0.2) is 42.5 Å². The van der Waals surface area contributed by atoms with Gasteiger partial charge in [0.2, 0.25) is 5.91 Å². The van der Waals surface area contributed by atoms with Gasteiger partial charge in [0, 0.05) is 22.3 Å². The number of amides is 3. The summed E-state index contributed by atoms with van der Waals surface area (Å²) in [5, 5.41) is 9.06. The number of aryl methyl sites for hydroxylation is 1. The van der Waals surface area contributed by atoms with Gasteiger partial charge in [-0.2, -0.15) is 0 Å². The van der Waals surface area contributed by atoms with Gasteiger partial charge < -0.3 is 20.7 Å². The van der Waals surface area contributed by atoms with Crippen LogP contribution in [-0.2, 0) is 4.79 Å². The molecule has 0 radical (unpaired) electrons. The zero-order chi connectivity index (χ0) is 19.2. The second kappa shape index (κ2) is 8.77. The molecule has 0 bridgehead atoms. The lowest BCUT2D eigenvalue weighted by Gasteiger charge is -2.13. The molecule has 142 valence electrons. The summed E-state index contributed by atoms with van der Waals surface area (Å²) in [6.07, 6.45) is 1.90. The molecule has 0 aliphatic heterocycles. The van der Waals surface area contributed by atoms with Crippen molar-refractivity contribution in [3.8, 4) is 5.75 Å². The number of ether oxygens (including phenoxy) is 1. The van der Waals surface area contributed by atoms with Gasteiger partial charge in [0.15, 0.2) is 0 Å². The third-order valence-corrected chi connectivity index (χ3v) is 4.42. The molecule has 2 aromatic carbocycles. The summed E-state index contributed by atoms with van der Waals surface area (Å²) < 4.78 is 5.53. The second-order valence-corrected chi connectivity index (χ2v) is 6.91. The van der Waals surface area contributed by atoms with Gasteiger partial charge in [-0.3, -0.25) is 4.79 Å². The van der Waals surface area contributed by atoms with Crippen molar-refractivity contribution in [2.24, 2.45) is 5.92 Å². The number of rotatable bonds is 7. The van der Waals surface area contributed by atoms with Gasteiger partial charge in [0.1, 0.15) is 12.4 Å². The van der Waals surface area contributed by atoms with Crippen molar-refractivity contribution in [1.29, 1.82) is 0 Å². The molecule has 0 heterocycles. The molecule has 3 rings (SSSR count). The number of hydrogen-bond donors (Lipinski definition) is 3. The predicted octanol–water partition coefficient (Wildman–Crippen LogP) is 4.20. The number of nitrogens with one attached hydrogen (secondary N) is 3. The fraction of sp³-hybridized carbons (Fsp3) is 0.300. The third kappa shape index (κ3) is 5.89. The van der Waals surface area contributed by atoms with Gasteiger partial charge in [-0.1, -0.05) is 17.7 Å². The van der Waals surface area contributed by atoms with E-state index in [1.807, 2.05) is 19.1 Å². The van der Waals surface area contributed by atoms with E-state index in [2.05, 4.69) is 16.0 Å². The highest BCUT2D eigenvalue weighted by molar-refractivity contribution is 6.30. The number of carbonyl (C=O) groups excluding carboxylic acids is 2. The standard InChI is InChI=1S/C20H22ClN3O3/c1-13-2-7-16(23-19(25)14-3-4-14)12-18(13)24-20(26)22-10-11-27-17-8-5-15(21)6-9-17/h2,5-9,12,14H,3-4,10-11H2,1H3,(H,23,25)(H2,22,24,26). The number of benzene rings is 2. The van der Waals surface area contributed by atoms with Gasteiger partial charge in [-0.25, -0.2) is 4.79 Å². The van der Waals surface area contributed by atoms with E-state index < -0.39 is 0 Å². The largest absolute Gasteiger partial charge is 0.492 e. The van der Waals surface area contributed by atoms with Crippen molar-refractivity contribution in [1.82, 2.24) is 5.32 Å². The quantitative estimate of drug-likeness (QED) is 0.623. The van der Waals surface area contributed by atoms with Crippen LogP contribution in [0.3, 0.4) is 0 Å². The SMILES string of the molecule is Cc1ccc(NC(=O)C2CC2)cc1NC(=O)NCCOc1ccc(Cl)cc1. The molecule has 3 N–H and O–H groups in total. The van der Waals surface area contributed by atoms with Crippen LogP contribution in [0.1, 0.15) is 18.4 Å². The number of anilines is 2. The van der Waals surface area contributed by atoms with Gasteiger partial charge in [0.05, 0.1) is 6.54 Å². The Balaban J connectivity index is 1.45. The first kappa shape index (κ1) is 19.0. The highest BCUT2D eigenvalue weighted by atomic mass is 35.5. The molecule has 3 amide bonds. The molecule has 0 atom stereocenters. The zero-order valence-electron chi connectivity index (χ0n) is 15.0. The second-order valence-electron chi connectivity index (χ2n) is 6.48. The Morgan fingerprint density at radius 2 is 1.85 bits per heavy atom. The Morgan fingerprint density at radius 1 is 1.11 bits per heavy atom. The van der Waals surface area contributed by atoms with Crippen LogP contribution in [0.25, 0.3) is 0 Å². The first-order valence-electron chi connectivity index (χ1n) is 8.86. The lowest BCUT2D eigenvalue weighted by molar-refractivity contribution is -0.117. The van der Waals surface area contributed by atoms with Gasteiger partial charge >= 0.3 is 6.03 Å². The summed E-state index contributed by atoms with van der Waals surface area (Å²) >= 11 is 5.82. The fourth-order valence-electron chi connectivity index (χ4n) is 2.46. The van der Waals surface area contributed by atoms with E-state index in [1.54, 1.807) is 30.3 Å². The minimum Gasteiger partial charge on any atom is -0.492 e. The number of carbonyl (C=O) groups is 2. The van der Waals surface area contributed by atoms with E-state index in [9.17, 15) is 9.59 Å². The smallest absolute Gasteiger partial charge is 0.319 e. The predicted molar refractivity (Wildman–Crippen MR) is 107 cm³/mol. The zero-order valence-corrected chi connectivity index (χ0v) is 15.8. The molecule has 1 aliphatic rings. The molecule has 1 saturated carbocycles. The Bertz CT molecular complexity index is 820. The van der Waals surface area contributed by atoms with E-state index >= 15 is 0 Å². The van der Waals surface area contributed by atoms with Crippen molar-refractivity contribution in [2.45, 2.75) is 19.8 Å². The highest BCUT2D eigenvalue weighted by Gasteiger charge is 2.29. The minimum atomic E-state index is -0.330. The maximum absolute atomic E-state index is 12.1. The van der Waals surface area contributed by atoms with Crippen LogP contribution in [0.5, 0.6) is 5.75 Å². The Kier molecular flexibility index (Phi) is 6.19. The van der Waals surface area contributed by atoms with Crippen LogP contribution in [0.2, 0.25) is 5.02 Å². The highest BCUT2D eigenvalue weighted by Crippen LogP contribution is 2.30. The lowest BCUT2D eigenvalue weighted by Crippen LogP contribution is -2.32. The van der Waals surface area contributed by atoms with E-state index in [1.165, 1.54) is 0 Å². The van der Waals surface area contributed by atoms with E-state index in [-0.39, 0.29) is 17.9 Å². The van der Waals surface area contributed by atoms with Crippen LogP contribution >= 0.6 is 11.6 Å². The van der Waals surface area contributed by atoms with Crippen molar-refractivity contribution in [3.05, 3.63) is 53.1 Å². The molecule has 7 heteroatoms. The van der Waals surface area contributed by atoms with Crippen LogP contribution in [0, 0.1) is 12.8 Å². The molecule has 0 unspecified atom stereocenters. The molecule has 1 aliphatic carbocycles. The molecule has 1 fully saturated rings. The van der Waals surface area contributed by atoms with Crippen molar-refractivity contribution in [2.75, 3.05) is 23.8 Å². The van der Waals surface area contributed by atoms with Gasteiger partial charge in [-0.15, -0.1) is 0 Å². The normalized spacial score (nSPS) is 13.0. The van der Waals surface area contributed by atoms with Crippen LogP contribution < -0.4 is 20.7 Å². The Hall–Kier alpha value is -2.73. The monoisotopic (exact) mass is 387 g/mol. The molecule has 0 saturated heterocycles. The molecular formula is C20H22ClN3O3. The molecule has 0 spiro atoms. The van der Waals surface area contributed by atoms with E-state index in [0.29, 0.717) is 35.3 Å². The fourth-order valence-corrected chi connectivity index (χ4v) is 2.58. The van der Waals surface area contributed by atoms with Crippen LogP contribution in [-0.4, -0.2) is 25.1 Å². The average Bonchev–Trinajstić information content (AvgIpc) is 3.48. The molecule has 6 nitrogen and oxygen atoms in total.